The van der Waals surface area contributed by atoms with Gasteiger partial charge < -0.3 is 20.6 Å². The van der Waals surface area contributed by atoms with Crippen molar-refractivity contribution in [2.75, 3.05) is 31.6 Å². The minimum Gasteiger partial charge on any atom is -0.508 e. The van der Waals surface area contributed by atoms with Crippen LogP contribution >= 0.6 is 24.0 Å². The summed E-state index contributed by atoms with van der Waals surface area (Å²) in [6.07, 6.45) is 6.00. The van der Waals surface area contributed by atoms with Crippen LogP contribution in [0.4, 0.5) is 5.82 Å². The molecule has 0 aliphatic carbocycles. The molecular weight excluding hydrogens is 465 g/mol. The van der Waals surface area contributed by atoms with Gasteiger partial charge in [0.1, 0.15) is 11.6 Å². The predicted molar refractivity (Wildman–Crippen MR) is 126 cm³/mol. The molecule has 1 aliphatic rings. The Labute approximate surface area is 184 Å². The first-order valence-electron chi connectivity index (χ1n) is 9.65. The minimum absolute atomic E-state index is 0. The fourth-order valence-corrected chi connectivity index (χ4v) is 3.34. The van der Waals surface area contributed by atoms with E-state index in [4.69, 9.17) is 0 Å². The lowest BCUT2D eigenvalue weighted by Gasteiger charge is -2.33. The number of aromatic hydroxyl groups is 1. The number of hydrogen-bond donors (Lipinski definition) is 3. The summed E-state index contributed by atoms with van der Waals surface area (Å²) >= 11 is 0. The largest absolute Gasteiger partial charge is 0.508 e. The van der Waals surface area contributed by atoms with Crippen LogP contribution in [0.25, 0.3) is 0 Å². The molecule has 0 radical (unpaired) electrons. The number of aromatic nitrogens is 1. The molecule has 1 fully saturated rings. The van der Waals surface area contributed by atoms with Crippen molar-refractivity contribution in [2.45, 2.75) is 31.7 Å². The van der Waals surface area contributed by atoms with Gasteiger partial charge in [0.05, 0.1) is 0 Å². The molecule has 0 spiro atoms. The Balaban J connectivity index is 0.00000280. The Morgan fingerprint density at radius 1 is 1.18 bits per heavy atom. The van der Waals surface area contributed by atoms with E-state index < -0.39 is 0 Å². The highest BCUT2D eigenvalue weighted by Crippen LogP contribution is 2.17. The SMILES string of the molecule is CN=C(NCCCc1ccc(O)cc1)NC1CCN(c2ccccn2)CC1.I. The van der Waals surface area contributed by atoms with Gasteiger partial charge in [-0.1, -0.05) is 18.2 Å². The van der Waals surface area contributed by atoms with Crippen LogP contribution in [0.2, 0.25) is 0 Å². The first-order chi connectivity index (χ1) is 13.2. The number of phenols is 1. The molecule has 3 N–H and O–H groups in total. The number of nitrogens with zero attached hydrogens (tertiary/aromatic N) is 3. The smallest absolute Gasteiger partial charge is 0.191 e. The summed E-state index contributed by atoms with van der Waals surface area (Å²) < 4.78 is 0. The third-order valence-corrected chi connectivity index (χ3v) is 4.90. The van der Waals surface area contributed by atoms with Gasteiger partial charge in [-0.2, -0.15) is 0 Å². The average Bonchev–Trinajstić information content (AvgIpc) is 2.72. The third-order valence-electron chi connectivity index (χ3n) is 4.90. The van der Waals surface area contributed by atoms with Crippen molar-refractivity contribution in [2.24, 2.45) is 4.99 Å². The number of anilines is 1. The number of guanidine groups is 1. The number of aliphatic imine (C=N–C) groups is 1. The van der Waals surface area contributed by atoms with Crippen LogP contribution in [0.1, 0.15) is 24.8 Å². The number of rotatable bonds is 6. The van der Waals surface area contributed by atoms with Crippen LogP contribution in [-0.4, -0.2) is 48.8 Å². The number of benzene rings is 1. The zero-order chi connectivity index (χ0) is 18.9. The molecule has 1 aliphatic heterocycles. The fourth-order valence-electron chi connectivity index (χ4n) is 3.34. The molecule has 2 aromatic rings. The lowest BCUT2D eigenvalue weighted by Crippen LogP contribution is -2.49. The van der Waals surface area contributed by atoms with Gasteiger partial charge in [-0.3, -0.25) is 4.99 Å². The summed E-state index contributed by atoms with van der Waals surface area (Å²) in [7, 11) is 1.82. The summed E-state index contributed by atoms with van der Waals surface area (Å²) in [5.41, 5.74) is 1.24. The van der Waals surface area contributed by atoms with Crippen molar-refractivity contribution in [3.05, 3.63) is 54.2 Å². The second-order valence-electron chi connectivity index (χ2n) is 6.86. The normalized spacial score (nSPS) is 15.0. The molecule has 7 heteroatoms. The Morgan fingerprint density at radius 3 is 2.57 bits per heavy atom. The molecule has 152 valence electrons. The number of hydrogen-bond acceptors (Lipinski definition) is 4. The number of nitrogens with one attached hydrogen (secondary N) is 2. The van der Waals surface area contributed by atoms with Crippen LogP contribution in [0.3, 0.4) is 0 Å². The number of piperidine rings is 1. The van der Waals surface area contributed by atoms with Crippen molar-refractivity contribution >= 4 is 35.8 Å². The van der Waals surface area contributed by atoms with Crippen molar-refractivity contribution in [1.29, 1.82) is 0 Å². The maximum atomic E-state index is 9.33. The molecule has 0 unspecified atom stereocenters. The summed E-state index contributed by atoms with van der Waals surface area (Å²) in [4.78, 5) is 11.1. The predicted octanol–water partition coefficient (Wildman–Crippen LogP) is 3.17. The molecule has 0 saturated carbocycles. The quantitative estimate of drug-likeness (QED) is 0.249. The molecule has 3 rings (SSSR count). The van der Waals surface area contributed by atoms with E-state index >= 15 is 0 Å². The lowest BCUT2D eigenvalue weighted by molar-refractivity contribution is 0.459. The van der Waals surface area contributed by atoms with Crippen molar-refractivity contribution in [3.8, 4) is 5.75 Å². The van der Waals surface area contributed by atoms with E-state index in [0.29, 0.717) is 11.8 Å². The number of halogens is 1. The lowest BCUT2D eigenvalue weighted by atomic mass is 10.1. The van der Waals surface area contributed by atoms with E-state index in [2.05, 4.69) is 31.6 Å². The van der Waals surface area contributed by atoms with E-state index in [1.807, 2.05) is 37.5 Å². The molecule has 1 saturated heterocycles. The van der Waals surface area contributed by atoms with Crippen LogP contribution in [0.15, 0.2) is 53.7 Å². The maximum absolute atomic E-state index is 9.33. The van der Waals surface area contributed by atoms with E-state index in [1.54, 1.807) is 12.1 Å². The standard InChI is InChI=1S/C21H29N5O.HI/c1-22-21(24-14-4-5-17-7-9-19(27)10-8-17)25-18-11-15-26(16-12-18)20-6-2-3-13-23-20;/h2-3,6-10,13,18,27H,4-5,11-12,14-16H2,1H3,(H2,22,24,25);1H. The Hall–Kier alpha value is -2.03. The van der Waals surface area contributed by atoms with Crippen molar-refractivity contribution in [1.82, 2.24) is 15.6 Å². The highest BCUT2D eigenvalue weighted by Gasteiger charge is 2.20. The second kappa shape index (κ2) is 11.7. The molecule has 0 amide bonds. The highest BCUT2D eigenvalue weighted by molar-refractivity contribution is 14.0. The van der Waals surface area contributed by atoms with Crippen molar-refractivity contribution in [3.63, 3.8) is 0 Å². The monoisotopic (exact) mass is 495 g/mol. The molecule has 1 aromatic carbocycles. The Kier molecular flexibility index (Phi) is 9.33. The molecule has 2 heterocycles. The minimum atomic E-state index is 0. The zero-order valence-corrected chi connectivity index (χ0v) is 18.7. The second-order valence-corrected chi connectivity index (χ2v) is 6.86. The highest BCUT2D eigenvalue weighted by atomic mass is 127. The summed E-state index contributed by atoms with van der Waals surface area (Å²) in [6.45, 7) is 2.88. The van der Waals surface area contributed by atoms with E-state index in [0.717, 1.165) is 57.1 Å². The molecule has 28 heavy (non-hydrogen) atoms. The Morgan fingerprint density at radius 2 is 1.93 bits per heavy atom. The molecule has 0 bridgehead atoms. The summed E-state index contributed by atoms with van der Waals surface area (Å²) in [5, 5.41) is 16.3. The van der Waals surface area contributed by atoms with Gasteiger partial charge in [-0.05, 0) is 55.5 Å². The fraction of sp³-hybridized carbons (Fsp3) is 0.429. The van der Waals surface area contributed by atoms with Crippen molar-refractivity contribution < 1.29 is 5.11 Å². The molecule has 6 nitrogen and oxygen atoms in total. The van der Waals surface area contributed by atoms with Crippen LogP contribution in [0.5, 0.6) is 5.75 Å². The number of pyridine rings is 1. The van der Waals surface area contributed by atoms with Gasteiger partial charge in [0, 0.05) is 38.9 Å². The number of phenolic OH excluding ortho intramolecular Hbond substituents is 1. The number of aryl methyl sites for hydroxylation is 1. The molecule has 1 aromatic heterocycles. The van der Waals surface area contributed by atoms with E-state index in [1.165, 1.54) is 5.56 Å². The van der Waals surface area contributed by atoms with Crippen LogP contribution < -0.4 is 15.5 Å². The first kappa shape index (κ1) is 22.3. The van der Waals surface area contributed by atoms with E-state index in [-0.39, 0.29) is 24.0 Å². The van der Waals surface area contributed by atoms with Crippen LogP contribution in [0, 0.1) is 0 Å². The molecular formula is C21H30IN5O. The first-order valence-corrected chi connectivity index (χ1v) is 9.65. The van der Waals surface area contributed by atoms with Crippen LogP contribution in [-0.2, 0) is 6.42 Å². The zero-order valence-electron chi connectivity index (χ0n) is 16.3. The van der Waals surface area contributed by atoms with E-state index in [9.17, 15) is 5.11 Å². The summed E-state index contributed by atoms with van der Waals surface area (Å²) in [5.74, 6) is 2.25. The third kappa shape index (κ3) is 6.85. The molecule has 0 atom stereocenters. The average molecular weight is 495 g/mol. The van der Waals surface area contributed by atoms with Gasteiger partial charge in [0.2, 0.25) is 0 Å². The topological polar surface area (TPSA) is 72.8 Å². The maximum Gasteiger partial charge on any atom is 0.191 e. The van der Waals surface area contributed by atoms with Gasteiger partial charge in [-0.25, -0.2) is 4.98 Å². The van der Waals surface area contributed by atoms with Gasteiger partial charge >= 0.3 is 0 Å². The van der Waals surface area contributed by atoms with Gasteiger partial charge in [0.25, 0.3) is 0 Å². The Bertz CT molecular complexity index is 715. The van der Waals surface area contributed by atoms with Gasteiger partial charge in [0.15, 0.2) is 5.96 Å². The van der Waals surface area contributed by atoms with Gasteiger partial charge in [-0.15, -0.1) is 24.0 Å². The summed E-state index contributed by atoms with van der Waals surface area (Å²) in [6, 6.07) is 13.9.